The molecule has 0 fully saturated rings. The molecule has 27 heavy (non-hydrogen) atoms. The SMILES string of the molecule is O=C(O)c1ccc(NCc2ccc(OCc3ccc(Cl)cc3Cl)cc2)cc1. The Morgan fingerprint density at radius 3 is 2.30 bits per heavy atom. The summed E-state index contributed by atoms with van der Waals surface area (Å²) in [4.78, 5) is 10.9. The lowest BCUT2D eigenvalue weighted by molar-refractivity contribution is 0.0697. The number of ether oxygens (including phenoxy) is 1. The molecule has 0 bridgehead atoms. The van der Waals surface area contributed by atoms with Crippen LogP contribution in [0.1, 0.15) is 21.5 Å². The number of halogens is 2. The van der Waals surface area contributed by atoms with E-state index in [0.29, 0.717) is 23.2 Å². The summed E-state index contributed by atoms with van der Waals surface area (Å²) >= 11 is 12.0. The van der Waals surface area contributed by atoms with Gasteiger partial charge in [0.2, 0.25) is 0 Å². The van der Waals surface area contributed by atoms with Gasteiger partial charge in [0.1, 0.15) is 12.4 Å². The number of benzene rings is 3. The van der Waals surface area contributed by atoms with Crippen LogP contribution in [-0.4, -0.2) is 11.1 Å². The Labute approximate surface area is 167 Å². The van der Waals surface area contributed by atoms with Gasteiger partial charge in [-0.3, -0.25) is 0 Å². The number of hydrogen-bond donors (Lipinski definition) is 2. The van der Waals surface area contributed by atoms with Crippen LogP contribution in [-0.2, 0) is 13.2 Å². The van der Waals surface area contributed by atoms with Crippen LogP contribution in [0.5, 0.6) is 5.75 Å². The van der Waals surface area contributed by atoms with Crippen molar-refractivity contribution in [1.29, 1.82) is 0 Å². The molecule has 0 aliphatic carbocycles. The second-order valence-electron chi connectivity index (χ2n) is 5.90. The summed E-state index contributed by atoms with van der Waals surface area (Å²) in [5, 5.41) is 13.3. The number of anilines is 1. The van der Waals surface area contributed by atoms with Crippen molar-refractivity contribution in [2.45, 2.75) is 13.2 Å². The fourth-order valence-corrected chi connectivity index (χ4v) is 2.90. The summed E-state index contributed by atoms with van der Waals surface area (Å²) < 4.78 is 5.76. The van der Waals surface area contributed by atoms with Gasteiger partial charge in [-0.2, -0.15) is 0 Å². The zero-order chi connectivity index (χ0) is 19.2. The monoisotopic (exact) mass is 401 g/mol. The number of rotatable bonds is 7. The molecule has 0 heterocycles. The van der Waals surface area contributed by atoms with Crippen molar-refractivity contribution in [3.05, 3.63) is 93.5 Å². The smallest absolute Gasteiger partial charge is 0.335 e. The van der Waals surface area contributed by atoms with E-state index in [2.05, 4.69) is 5.32 Å². The third-order valence-corrected chi connectivity index (χ3v) is 4.55. The maximum atomic E-state index is 10.9. The van der Waals surface area contributed by atoms with Gasteiger partial charge in [0.05, 0.1) is 5.56 Å². The van der Waals surface area contributed by atoms with E-state index in [1.807, 2.05) is 30.3 Å². The highest BCUT2D eigenvalue weighted by Gasteiger charge is 2.04. The third kappa shape index (κ3) is 5.39. The number of aromatic carboxylic acids is 1. The van der Waals surface area contributed by atoms with Crippen LogP contribution in [0.3, 0.4) is 0 Å². The van der Waals surface area contributed by atoms with E-state index in [1.54, 1.807) is 36.4 Å². The molecule has 0 radical (unpaired) electrons. The Balaban J connectivity index is 1.53. The zero-order valence-electron chi connectivity index (χ0n) is 14.3. The van der Waals surface area contributed by atoms with Crippen molar-refractivity contribution in [3.63, 3.8) is 0 Å². The summed E-state index contributed by atoms with van der Waals surface area (Å²) in [7, 11) is 0. The highest BCUT2D eigenvalue weighted by molar-refractivity contribution is 6.35. The van der Waals surface area contributed by atoms with E-state index >= 15 is 0 Å². The first-order chi connectivity index (χ1) is 13.0. The molecule has 0 saturated carbocycles. The molecule has 2 N–H and O–H groups in total. The minimum absolute atomic E-state index is 0.267. The quantitative estimate of drug-likeness (QED) is 0.518. The van der Waals surface area contributed by atoms with Crippen LogP contribution in [0.15, 0.2) is 66.7 Å². The second-order valence-corrected chi connectivity index (χ2v) is 6.75. The number of hydrogen-bond acceptors (Lipinski definition) is 3. The molecule has 6 heteroatoms. The fraction of sp³-hybridized carbons (Fsp3) is 0.0952. The number of nitrogens with one attached hydrogen (secondary N) is 1. The van der Waals surface area contributed by atoms with Crippen molar-refractivity contribution in [3.8, 4) is 5.75 Å². The zero-order valence-corrected chi connectivity index (χ0v) is 15.8. The maximum absolute atomic E-state index is 10.9. The van der Waals surface area contributed by atoms with Gasteiger partial charge in [0.15, 0.2) is 0 Å². The molecule has 3 aromatic rings. The molecule has 3 rings (SSSR count). The molecule has 0 amide bonds. The summed E-state index contributed by atoms with van der Waals surface area (Å²) in [6.45, 7) is 0.985. The largest absolute Gasteiger partial charge is 0.489 e. The van der Waals surface area contributed by atoms with Crippen molar-refractivity contribution in [2.24, 2.45) is 0 Å². The molecule has 0 aromatic heterocycles. The molecule has 138 valence electrons. The van der Waals surface area contributed by atoms with Crippen LogP contribution >= 0.6 is 23.2 Å². The van der Waals surface area contributed by atoms with Crippen LogP contribution in [0, 0.1) is 0 Å². The second kappa shape index (κ2) is 8.80. The Hall–Kier alpha value is -2.69. The van der Waals surface area contributed by atoms with Crippen LogP contribution < -0.4 is 10.1 Å². The number of carbonyl (C=O) groups is 1. The summed E-state index contributed by atoms with van der Waals surface area (Å²) in [5.41, 5.74) is 3.08. The normalized spacial score (nSPS) is 10.4. The molecule has 0 aliphatic heterocycles. The molecule has 0 unspecified atom stereocenters. The summed E-state index contributed by atoms with van der Waals surface area (Å²) in [6, 6.07) is 19.7. The van der Waals surface area contributed by atoms with Crippen LogP contribution in [0.2, 0.25) is 10.0 Å². The number of carboxylic acids is 1. The molecule has 3 aromatic carbocycles. The van der Waals surface area contributed by atoms with Crippen molar-refractivity contribution in [1.82, 2.24) is 0 Å². The molecule has 0 saturated heterocycles. The van der Waals surface area contributed by atoms with E-state index < -0.39 is 5.97 Å². The first kappa shape index (κ1) is 19.1. The lowest BCUT2D eigenvalue weighted by Gasteiger charge is -2.10. The van der Waals surface area contributed by atoms with Gasteiger partial charge < -0.3 is 15.2 Å². The Bertz CT molecular complexity index is 925. The van der Waals surface area contributed by atoms with E-state index in [1.165, 1.54) is 0 Å². The van der Waals surface area contributed by atoms with Gasteiger partial charge in [0, 0.05) is 27.8 Å². The lowest BCUT2D eigenvalue weighted by atomic mass is 10.2. The van der Waals surface area contributed by atoms with Gasteiger partial charge >= 0.3 is 5.97 Å². The van der Waals surface area contributed by atoms with Crippen molar-refractivity contribution < 1.29 is 14.6 Å². The summed E-state index contributed by atoms with van der Waals surface area (Å²) in [6.07, 6.45) is 0. The number of carboxylic acid groups (broad SMARTS) is 1. The highest BCUT2D eigenvalue weighted by Crippen LogP contribution is 2.23. The molecular weight excluding hydrogens is 385 g/mol. The van der Waals surface area contributed by atoms with E-state index in [-0.39, 0.29) is 5.56 Å². The molecule has 0 aliphatic rings. The third-order valence-electron chi connectivity index (χ3n) is 3.96. The van der Waals surface area contributed by atoms with Crippen LogP contribution in [0.4, 0.5) is 5.69 Å². The van der Waals surface area contributed by atoms with Crippen LogP contribution in [0.25, 0.3) is 0 Å². The summed E-state index contributed by atoms with van der Waals surface area (Å²) in [5.74, 6) is -0.187. The standard InChI is InChI=1S/C21H17Cl2NO3/c22-17-6-3-16(20(23)11-17)13-27-19-9-1-14(2-10-19)12-24-18-7-4-15(5-8-18)21(25)26/h1-11,24H,12-13H2,(H,25,26). The van der Waals surface area contributed by atoms with E-state index in [0.717, 1.165) is 22.6 Å². The minimum atomic E-state index is -0.933. The molecule has 0 atom stereocenters. The van der Waals surface area contributed by atoms with Gasteiger partial charge in [-0.1, -0.05) is 41.4 Å². The minimum Gasteiger partial charge on any atom is -0.489 e. The average Bonchev–Trinajstić information content (AvgIpc) is 2.67. The van der Waals surface area contributed by atoms with Gasteiger partial charge in [-0.15, -0.1) is 0 Å². The van der Waals surface area contributed by atoms with Crippen molar-refractivity contribution in [2.75, 3.05) is 5.32 Å². The average molecular weight is 402 g/mol. The van der Waals surface area contributed by atoms with E-state index in [9.17, 15) is 4.79 Å². The topological polar surface area (TPSA) is 58.6 Å². The first-order valence-electron chi connectivity index (χ1n) is 8.24. The fourth-order valence-electron chi connectivity index (χ4n) is 2.44. The van der Waals surface area contributed by atoms with Crippen molar-refractivity contribution >= 4 is 34.9 Å². The van der Waals surface area contributed by atoms with Gasteiger partial charge in [-0.05, 0) is 54.1 Å². The molecular formula is C21H17Cl2NO3. The predicted molar refractivity (Wildman–Crippen MR) is 108 cm³/mol. The Morgan fingerprint density at radius 1 is 0.963 bits per heavy atom. The predicted octanol–water partition coefficient (Wildman–Crippen LogP) is 5.88. The molecule has 4 nitrogen and oxygen atoms in total. The van der Waals surface area contributed by atoms with Gasteiger partial charge in [0.25, 0.3) is 0 Å². The maximum Gasteiger partial charge on any atom is 0.335 e. The Morgan fingerprint density at radius 2 is 1.67 bits per heavy atom. The first-order valence-corrected chi connectivity index (χ1v) is 9.00. The highest BCUT2D eigenvalue weighted by atomic mass is 35.5. The lowest BCUT2D eigenvalue weighted by Crippen LogP contribution is -2.01. The Kier molecular flexibility index (Phi) is 6.22. The van der Waals surface area contributed by atoms with E-state index in [4.69, 9.17) is 33.0 Å². The van der Waals surface area contributed by atoms with Gasteiger partial charge in [-0.25, -0.2) is 4.79 Å². The molecule has 0 spiro atoms.